The van der Waals surface area contributed by atoms with E-state index in [9.17, 15) is 4.79 Å². The SMILES string of the molecule is CCCCO/N=C1\CCCCC1=O. The zero-order valence-corrected chi connectivity index (χ0v) is 8.21. The smallest absolute Gasteiger partial charge is 0.180 e. The molecule has 0 amide bonds. The number of ketones is 1. The largest absolute Gasteiger partial charge is 0.395 e. The first-order valence-electron chi connectivity index (χ1n) is 5.06. The van der Waals surface area contributed by atoms with Gasteiger partial charge in [-0.15, -0.1) is 0 Å². The number of hydrogen-bond acceptors (Lipinski definition) is 3. The summed E-state index contributed by atoms with van der Waals surface area (Å²) in [6.45, 7) is 2.73. The van der Waals surface area contributed by atoms with Crippen molar-refractivity contribution < 1.29 is 9.63 Å². The van der Waals surface area contributed by atoms with Crippen molar-refractivity contribution in [1.82, 2.24) is 0 Å². The summed E-state index contributed by atoms with van der Waals surface area (Å²) < 4.78 is 0. The number of oxime groups is 1. The van der Waals surface area contributed by atoms with Crippen LogP contribution in [-0.2, 0) is 9.63 Å². The van der Waals surface area contributed by atoms with Crippen molar-refractivity contribution in [2.45, 2.75) is 45.4 Å². The predicted molar refractivity (Wildman–Crippen MR) is 51.8 cm³/mol. The Balaban J connectivity index is 2.27. The number of unbranched alkanes of at least 4 members (excludes halogenated alkanes) is 1. The minimum atomic E-state index is 0.169. The zero-order chi connectivity index (χ0) is 9.52. The van der Waals surface area contributed by atoms with Crippen LogP contribution in [-0.4, -0.2) is 18.1 Å². The van der Waals surface area contributed by atoms with E-state index >= 15 is 0 Å². The van der Waals surface area contributed by atoms with Gasteiger partial charge < -0.3 is 4.84 Å². The molecule has 3 nitrogen and oxygen atoms in total. The summed E-state index contributed by atoms with van der Waals surface area (Å²) in [6, 6.07) is 0. The minimum Gasteiger partial charge on any atom is -0.395 e. The summed E-state index contributed by atoms with van der Waals surface area (Å²) in [5.41, 5.74) is 0.641. The van der Waals surface area contributed by atoms with Gasteiger partial charge in [0, 0.05) is 6.42 Å². The van der Waals surface area contributed by atoms with Crippen LogP contribution in [0.3, 0.4) is 0 Å². The maximum absolute atomic E-state index is 11.2. The molecule has 0 aromatic carbocycles. The van der Waals surface area contributed by atoms with Crippen molar-refractivity contribution in [3.05, 3.63) is 0 Å². The highest BCUT2D eigenvalue weighted by atomic mass is 16.6. The summed E-state index contributed by atoms with van der Waals surface area (Å²) in [7, 11) is 0. The van der Waals surface area contributed by atoms with Crippen LogP contribution in [0.15, 0.2) is 5.16 Å². The van der Waals surface area contributed by atoms with Gasteiger partial charge in [-0.1, -0.05) is 18.5 Å². The molecule has 74 valence electrons. The molecule has 0 N–H and O–H groups in total. The molecule has 0 spiro atoms. The van der Waals surface area contributed by atoms with Crippen LogP contribution in [0, 0.1) is 0 Å². The average molecular weight is 183 g/mol. The molecular formula is C10H17NO2. The Hall–Kier alpha value is -0.860. The highest BCUT2D eigenvalue weighted by Crippen LogP contribution is 2.12. The minimum absolute atomic E-state index is 0.169. The van der Waals surface area contributed by atoms with Crippen molar-refractivity contribution >= 4 is 11.5 Å². The van der Waals surface area contributed by atoms with E-state index in [0.29, 0.717) is 18.7 Å². The lowest BCUT2D eigenvalue weighted by atomic mass is 9.97. The molecule has 0 aromatic rings. The Kier molecular flexibility index (Phi) is 4.50. The van der Waals surface area contributed by atoms with Crippen LogP contribution in [0.4, 0.5) is 0 Å². The maximum atomic E-state index is 11.2. The molecule has 13 heavy (non-hydrogen) atoms. The molecule has 1 aliphatic rings. The Labute approximate surface area is 79.1 Å². The van der Waals surface area contributed by atoms with Gasteiger partial charge in [-0.3, -0.25) is 4.79 Å². The second-order valence-corrected chi connectivity index (χ2v) is 3.36. The fourth-order valence-electron chi connectivity index (χ4n) is 1.29. The molecule has 0 aromatic heterocycles. The molecule has 1 aliphatic carbocycles. The van der Waals surface area contributed by atoms with Crippen LogP contribution in [0.2, 0.25) is 0 Å². The lowest BCUT2D eigenvalue weighted by Crippen LogP contribution is -2.18. The van der Waals surface area contributed by atoms with Gasteiger partial charge in [-0.2, -0.15) is 0 Å². The Morgan fingerprint density at radius 1 is 1.38 bits per heavy atom. The van der Waals surface area contributed by atoms with E-state index in [2.05, 4.69) is 12.1 Å². The van der Waals surface area contributed by atoms with Gasteiger partial charge in [0.25, 0.3) is 0 Å². The third-order valence-electron chi connectivity index (χ3n) is 2.15. The van der Waals surface area contributed by atoms with Gasteiger partial charge in [0.2, 0.25) is 0 Å². The normalized spacial score (nSPS) is 20.7. The maximum Gasteiger partial charge on any atom is 0.180 e. The Morgan fingerprint density at radius 3 is 2.85 bits per heavy atom. The first-order valence-corrected chi connectivity index (χ1v) is 5.06. The molecule has 0 radical (unpaired) electrons. The number of carbonyl (C=O) groups excluding carboxylic acids is 1. The molecule has 0 saturated heterocycles. The van der Waals surface area contributed by atoms with Gasteiger partial charge in [-0.25, -0.2) is 0 Å². The van der Waals surface area contributed by atoms with Gasteiger partial charge in [-0.05, 0) is 25.7 Å². The van der Waals surface area contributed by atoms with E-state index in [4.69, 9.17) is 4.84 Å². The molecule has 0 atom stereocenters. The number of rotatable bonds is 4. The third kappa shape index (κ3) is 3.57. The van der Waals surface area contributed by atoms with Gasteiger partial charge >= 0.3 is 0 Å². The quantitative estimate of drug-likeness (QED) is 0.495. The summed E-state index contributed by atoms with van der Waals surface area (Å²) in [4.78, 5) is 16.3. The van der Waals surface area contributed by atoms with E-state index in [1.54, 1.807) is 0 Å². The predicted octanol–water partition coefficient (Wildman–Crippen LogP) is 2.30. The van der Waals surface area contributed by atoms with Crippen LogP contribution < -0.4 is 0 Å². The standard InChI is InChI=1S/C10H17NO2/c1-2-3-8-13-11-9-6-4-5-7-10(9)12/h2-8H2,1H3/b11-9+. The van der Waals surface area contributed by atoms with E-state index < -0.39 is 0 Å². The first kappa shape index (κ1) is 10.2. The molecule has 0 bridgehead atoms. The summed E-state index contributed by atoms with van der Waals surface area (Å²) in [6.07, 6.45) is 5.62. The van der Waals surface area contributed by atoms with E-state index in [0.717, 1.165) is 32.1 Å². The summed E-state index contributed by atoms with van der Waals surface area (Å²) in [5.74, 6) is 0.169. The molecule has 0 heterocycles. The number of hydrogen-bond donors (Lipinski definition) is 0. The second-order valence-electron chi connectivity index (χ2n) is 3.36. The first-order chi connectivity index (χ1) is 6.34. The highest BCUT2D eigenvalue weighted by Gasteiger charge is 2.16. The molecule has 0 aliphatic heterocycles. The summed E-state index contributed by atoms with van der Waals surface area (Å²) in [5, 5.41) is 3.87. The average Bonchev–Trinajstić information content (AvgIpc) is 2.15. The zero-order valence-electron chi connectivity index (χ0n) is 8.21. The number of nitrogens with zero attached hydrogens (tertiary/aromatic N) is 1. The van der Waals surface area contributed by atoms with Gasteiger partial charge in [0.1, 0.15) is 12.3 Å². The molecule has 1 saturated carbocycles. The van der Waals surface area contributed by atoms with Crippen molar-refractivity contribution in [2.24, 2.45) is 5.16 Å². The molecule has 3 heteroatoms. The molecule has 1 fully saturated rings. The van der Waals surface area contributed by atoms with Crippen molar-refractivity contribution in [1.29, 1.82) is 0 Å². The third-order valence-corrected chi connectivity index (χ3v) is 2.15. The van der Waals surface area contributed by atoms with Crippen molar-refractivity contribution in [3.8, 4) is 0 Å². The highest BCUT2D eigenvalue weighted by molar-refractivity contribution is 6.40. The van der Waals surface area contributed by atoms with Crippen molar-refractivity contribution in [2.75, 3.05) is 6.61 Å². The second kappa shape index (κ2) is 5.73. The van der Waals surface area contributed by atoms with Gasteiger partial charge in [0.05, 0.1) is 0 Å². The number of Topliss-reactive ketones (excluding diaryl/α,β-unsaturated/α-hetero) is 1. The van der Waals surface area contributed by atoms with E-state index in [1.807, 2.05) is 0 Å². The lowest BCUT2D eigenvalue weighted by Gasteiger charge is -2.10. The monoisotopic (exact) mass is 183 g/mol. The summed E-state index contributed by atoms with van der Waals surface area (Å²) >= 11 is 0. The molecule has 1 rings (SSSR count). The van der Waals surface area contributed by atoms with Crippen LogP contribution in [0.1, 0.15) is 45.4 Å². The fourth-order valence-corrected chi connectivity index (χ4v) is 1.29. The lowest BCUT2D eigenvalue weighted by molar-refractivity contribution is -0.113. The molecular weight excluding hydrogens is 166 g/mol. The van der Waals surface area contributed by atoms with Crippen molar-refractivity contribution in [3.63, 3.8) is 0 Å². The van der Waals surface area contributed by atoms with Crippen LogP contribution in [0.5, 0.6) is 0 Å². The Morgan fingerprint density at radius 2 is 2.15 bits per heavy atom. The van der Waals surface area contributed by atoms with E-state index in [-0.39, 0.29) is 5.78 Å². The van der Waals surface area contributed by atoms with Gasteiger partial charge in [0.15, 0.2) is 5.78 Å². The Bertz CT molecular complexity index is 199. The molecule has 0 unspecified atom stereocenters. The van der Waals surface area contributed by atoms with Crippen LogP contribution >= 0.6 is 0 Å². The van der Waals surface area contributed by atoms with Crippen LogP contribution in [0.25, 0.3) is 0 Å². The fraction of sp³-hybridized carbons (Fsp3) is 0.800. The topological polar surface area (TPSA) is 38.7 Å². The van der Waals surface area contributed by atoms with E-state index in [1.165, 1.54) is 0 Å². The number of carbonyl (C=O) groups is 1.